The Labute approximate surface area is 325 Å². The molecule has 2 aromatic carbocycles. The van der Waals surface area contributed by atoms with Crippen LogP contribution in [0.3, 0.4) is 0 Å². The lowest BCUT2D eigenvalue weighted by Crippen LogP contribution is -2.60. The monoisotopic (exact) mass is 782 g/mol. The van der Waals surface area contributed by atoms with Crippen LogP contribution >= 0.6 is 0 Å². The third kappa shape index (κ3) is 9.99. The lowest BCUT2D eigenvalue weighted by Gasteiger charge is -2.35. The van der Waals surface area contributed by atoms with Crippen LogP contribution in [0.25, 0.3) is 10.8 Å². The summed E-state index contributed by atoms with van der Waals surface area (Å²) < 4.78 is 44.2. The Kier molecular flexibility index (Phi) is 12.6. The van der Waals surface area contributed by atoms with Gasteiger partial charge in [-0.1, -0.05) is 71.4 Å². The number of unbranched alkanes of at least 4 members (excludes halogenated alkanes) is 1. The molecule has 1 saturated heterocycles. The number of carbonyl (C=O) groups excluding carboxylic acids is 4. The zero-order chi connectivity index (χ0) is 40.3. The topological polar surface area (TPSA) is 169 Å². The molecule has 3 fully saturated rings. The van der Waals surface area contributed by atoms with E-state index < -0.39 is 74.1 Å². The molecule has 3 aliphatic rings. The largest absolute Gasteiger partial charge is 0.496 e. The number of benzene rings is 2. The van der Waals surface area contributed by atoms with Crippen molar-refractivity contribution in [2.45, 2.75) is 115 Å². The van der Waals surface area contributed by atoms with E-state index in [4.69, 9.17) is 14.2 Å². The highest BCUT2D eigenvalue weighted by Gasteiger charge is 2.62. The van der Waals surface area contributed by atoms with Gasteiger partial charge in [-0.05, 0) is 77.8 Å². The lowest BCUT2D eigenvalue weighted by atomic mass is 9.85. The summed E-state index contributed by atoms with van der Waals surface area (Å²) in [6.45, 7) is 13.5. The van der Waals surface area contributed by atoms with Gasteiger partial charge in [0.25, 0.3) is 5.91 Å². The number of alkyl carbamates (subject to hydrolysis) is 1. The van der Waals surface area contributed by atoms with Crippen molar-refractivity contribution >= 4 is 44.6 Å². The van der Waals surface area contributed by atoms with E-state index in [1.807, 2.05) is 46.8 Å². The zero-order valence-corrected chi connectivity index (χ0v) is 34.1. The van der Waals surface area contributed by atoms with E-state index in [0.717, 1.165) is 42.4 Å². The highest BCUT2D eigenvalue weighted by molar-refractivity contribution is 7.91. The highest BCUT2D eigenvalue weighted by atomic mass is 32.2. The maximum atomic E-state index is 14.3. The molecular weight excluding hydrogens is 725 g/mol. The maximum Gasteiger partial charge on any atom is 0.407 e. The Morgan fingerprint density at radius 1 is 1.04 bits per heavy atom. The number of sulfonamides is 1. The van der Waals surface area contributed by atoms with Crippen LogP contribution in [0, 0.1) is 16.7 Å². The van der Waals surface area contributed by atoms with Crippen LogP contribution in [0.15, 0.2) is 49.1 Å². The normalized spacial score (nSPS) is 23.1. The Bertz CT molecular complexity index is 1890. The van der Waals surface area contributed by atoms with Gasteiger partial charge < -0.3 is 29.7 Å². The van der Waals surface area contributed by atoms with Crippen LogP contribution in [0.1, 0.15) is 85.1 Å². The first-order valence-corrected chi connectivity index (χ1v) is 20.7. The van der Waals surface area contributed by atoms with Gasteiger partial charge in [-0.15, -0.1) is 6.58 Å². The van der Waals surface area contributed by atoms with E-state index in [2.05, 4.69) is 46.2 Å². The van der Waals surface area contributed by atoms with Gasteiger partial charge in [-0.2, -0.15) is 0 Å². The molecule has 14 heteroatoms. The maximum absolute atomic E-state index is 14.3. The Morgan fingerprint density at radius 2 is 1.71 bits per heavy atom. The molecule has 2 aromatic rings. The average molecular weight is 783 g/mol. The number of nitrogens with one attached hydrogen (secondary N) is 3. The molecule has 13 nitrogen and oxygen atoms in total. The molecular formula is C41H58N4O9S. The molecule has 2 saturated carbocycles. The van der Waals surface area contributed by atoms with Crippen LogP contribution in [0.4, 0.5) is 4.79 Å². The van der Waals surface area contributed by atoms with Gasteiger partial charge in [-0.25, -0.2) is 13.2 Å². The first-order valence-electron chi connectivity index (χ1n) is 19.2. The SMILES string of the molecule is C=C[C@@H]1C[C@]1(NC(=O)[C@@H]1C[C@H](OC)CN1C(=O)[C@@H](NC(=O)OCC(C)(C)CCCCc1cc2ccccc2cc1OC)C(C)(C)C)C(=O)NS(=O)(=O)C1CC1. The van der Waals surface area contributed by atoms with E-state index in [-0.39, 0.29) is 31.4 Å². The minimum absolute atomic E-state index is 0.0784. The summed E-state index contributed by atoms with van der Waals surface area (Å²) in [6.07, 6.45) is 5.05. The van der Waals surface area contributed by atoms with Gasteiger partial charge in [0, 0.05) is 26.0 Å². The number of carbonyl (C=O) groups is 4. The molecule has 55 heavy (non-hydrogen) atoms. The fourth-order valence-corrected chi connectivity index (χ4v) is 8.72. The van der Waals surface area contributed by atoms with Gasteiger partial charge in [0.2, 0.25) is 21.8 Å². The molecule has 0 aromatic heterocycles. The van der Waals surface area contributed by atoms with Crippen LogP contribution < -0.4 is 20.1 Å². The molecule has 0 spiro atoms. The number of ether oxygens (including phenoxy) is 3. The summed E-state index contributed by atoms with van der Waals surface area (Å²) >= 11 is 0. The predicted octanol–water partition coefficient (Wildman–Crippen LogP) is 5.01. The van der Waals surface area contributed by atoms with Crippen LogP contribution in [-0.4, -0.2) is 93.5 Å². The van der Waals surface area contributed by atoms with Gasteiger partial charge in [0.05, 0.1) is 25.1 Å². The molecule has 4 amide bonds. The Morgan fingerprint density at radius 3 is 2.29 bits per heavy atom. The van der Waals surface area contributed by atoms with Gasteiger partial charge in [0.1, 0.15) is 23.4 Å². The average Bonchev–Trinajstić information content (AvgIpc) is 4.06. The van der Waals surface area contributed by atoms with Gasteiger partial charge >= 0.3 is 6.09 Å². The molecule has 3 N–H and O–H groups in total. The van der Waals surface area contributed by atoms with Crippen molar-refractivity contribution in [3.05, 3.63) is 54.6 Å². The predicted molar refractivity (Wildman–Crippen MR) is 210 cm³/mol. The molecule has 0 unspecified atom stereocenters. The lowest BCUT2D eigenvalue weighted by molar-refractivity contribution is -0.143. The van der Waals surface area contributed by atoms with Crippen molar-refractivity contribution < 1.29 is 41.8 Å². The molecule has 1 aliphatic heterocycles. The summed E-state index contributed by atoms with van der Waals surface area (Å²) in [6, 6.07) is 10.3. The summed E-state index contributed by atoms with van der Waals surface area (Å²) in [4.78, 5) is 56.1. The third-order valence-electron chi connectivity index (χ3n) is 11.1. The summed E-state index contributed by atoms with van der Waals surface area (Å²) in [7, 11) is -0.686. The minimum Gasteiger partial charge on any atom is -0.496 e. The van der Waals surface area contributed by atoms with Crippen molar-refractivity contribution in [2.24, 2.45) is 16.7 Å². The van der Waals surface area contributed by atoms with E-state index in [9.17, 15) is 27.6 Å². The van der Waals surface area contributed by atoms with Gasteiger partial charge in [0.15, 0.2) is 0 Å². The molecule has 0 bridgehead atoms. The number of methoxy groups -OCH3 is 2. The Balaban J connectivity index is 1.18. The molecule has 5 atom stereocenters. The van der Waals surface area contributed by atoms with Crippen molar-refractivity contribution in [1.82, 2.24) is 20.3 Å². The highest BCUT2D eigenvalue weighted by Crippen LogP contribution is 2.45. The first kappa shape index (κ1) is 42.0. The van der Waals surface area contributed by atoms with E-state index in [1.54, 1.807) is 7.11 Å². The molecule has 5 rings (SSSR count). The zero-order valence-electron chi connectivity index (χ0n) is 33.2. The van der Waals surface area contributed by atoms with E-state index in [1.165, 1.54) is 23.5 Å². The van der Waals surface area contributed by atoms with Crippen molar-refractivity contribution in [3.63, 3.8) is 0 Å². The number of amides is 4. The number of aryl methyl sites for hydroxylation is 1. The standard InChI is InChI=1S/C41H58N4O9S/c1-9-29-23-41(29,37(48)44-55(50,51)31-17-18-31)43-35(46)32-22-30(52-7)24-45(32)36(47)34(39(2,3)4)42-38(49)54-25-40(5,6)19-13-12-16-28-20-26-14-10-11-15-27(26)21-33(28)53-8/h9-11,14-15,20-21,29-32,34H,1,12-13,16-19,22-25H2,2-8H3,(H,42,49)(H,43,46)(H,44,48)/t29-,30+,32+,34-,41-/m1/s1. The summed E-state index contributed by atoms with van der Waals surface area (Å²) in [5.74, 6) is -1.55. The van der Waals surface area contributed by atoms with Crippen LogP contribution in [0.5, 0.6) is 5.75 Å². The van der Waals surface area contributed by atoms with E-state index >= 15 is 0 Å². The number of hydrogen-bond donors (Lipinski definition) is 3. The van der Waals surface area contributed by atoms with Gasteiger partial charge in [-0.3, -0.25) is 19.1 Å². The minimum atomic E-state index is -3.86. The van der Waals surface area contributed by atoms with Crippen LogP contribution in [0.2, 0.25) is 0 Å². The summed E-state index contributed by atoms with van der Waals surface area (Å²) in [5, 5.41) is 7.22. The second kappa shape index (κ2) is 16.5. The smallest absolute Gasteiger partial charge is 0.407 e. The summed E-state index contributed by atoms with van der Waals surface area (Å²) in [5.41, 5.74) is -1.45. The second-order valence-electron chi connectivity index (χ2n) is 17.2. The van der Waals surface area contributed by atoms with Crippen molar-refractivity contribution in [2.75, 3.05) is 27.4 Å². The molecule has 0 radical (unpaired) electrons. The fourth-order valence-electron chi connectivity index (χ4n) is 7.36. The first-order chi connectivity index (χ1) is 25.8. The third-order valence-corrected chi connectivity index (χ3v) is 12.9. The number of likely N-dealkylation sites (tertiary alicyclic amines) is 1. The number of nitrogens with zero attached hydrogens (tertiary/aromatic N) is 1. The molecule has 2 aliphatic carbocycles. The van der Waals surface area contributed by atoms with Crippen molar-refractivity contribution in [3.8, 4) is 5.75 Å². The molecule has 1 heterocycles. The second-order valence-corrected chi connectivity index (χ2v) is 19.1. The fraction of sp³-hybridized carbons (Fsp3) is 0.610. The van der Waals surface area contributed by atoms with E-state index in [0.29, 0.717) is 12.8 Å². The molecule has 302 valence electrons. The van der Waals surface area contributed by atoms with Crippen molar-refractivity contribution in [1.29, 1.82) is 0 Å². The Hall–Kier alpha value is -4.17. The number of fused-ring (bicyclic) bond motifs is 1. The van der Waals surface area contributed by atoms with Crippen LogP contribution in [-0.2, 0) is 40.3 Å². The number of hydrogen-bond acceptors (Lipinski definition) is 9. The number of rotatable bonds is 17. The quantitative estimate of drug-likeness (QED) is 0.148.